The van der Waals surface area contributed by atoms with Crippen molar-refractivity contribution in [2.75, 3.05) is 45.8 Å². The lowest BCUT2D eigenvalue weighted by molar-refractivity contribution is -0.139. The van der Waals surface area contributed by atoms with Gasteiger partial charge >= 0.3 is 0 Å². The Kier molecular flexibility index (Phi) is 9.17. The number of nitrogens with one attached hydrogen (secondary N) is 1. The van der Waals surface area contributed by atoms with Crippen LogP contribution >= 0.6 is 0 Å². The van der Waals surface area contributed by atoms with Gasteiger partial charge in [0.2, 0.25) is 17.7 Å². The fourth-order valence-electron chi connectivity index (χ4n) is 5.59. The normalized spacial score (nSPS) is 21.8. The number of carbonyl (C=O) groups excluding carboxylic acids is 3. The van der Waals surface area contributed by atoms with Gasteiger partial charge in [-0.2, -0.15) is 0 Å². The number of hydrogen-bond donors (Lipinski definition) is 1. The molecule has 3 fully saturated rings. The fraction of sp³-hybridized carbons (Fsp3) is 0.875. The average molecular weight is 435 g/mol. The van der Waals surface area contributed by atoms with E-state index >= 15 is 0 Å². The van der Waals surface area contributed by atoms with Gasteiger partial charge in [0.25, 0.3) is 0 Å². The van der Waals surface area contributed by atoms with E-state index < -0.39 is 0 Å². The van der Waals surface area contributed by atoms with E-state index in [9.17, 15) is 14.4 Å². The van der Waals surface area contributed by atoms with Crippen molar-refractivity contribution in [2.45, 2.75) is 77.7 Å². The van der Waals surface area contributed by atoms with Gasteiger partial charge in [0.1, 0.15) is 0 Å². The molecule has 0 bridgehead atoms. The van der Waals surface area contributed by atoms with Gasteiger partial charge in [-0.15, -0.1) is 0 Å². The van der Waals surface area contributed by atoms with E-state index in [4.69, 9.17) is 0 Å². The van der Waals surface area contributed by atoms with Crippen LogP contribution in [-0.2, 0) is 14.4 Å². The van der Waals surface area contributed by atoms with Crippen LogP contribution in [0, 0.1) is 11.8 Å². The average Bonchev–Trinajstić information content (AvgIpc) is 3.45. The maximum absolute atomic E-state index is 13.2. The Morgan fingerprint density at radius 3 is 2.26 bits per heavy atom. The fourth-order valence-corrected chi connectivity index (χ4v) is 5.59. The minimum atomic E-state index is -0.0821. The summed E-state index contributed by atoms with van der Waals surface area (Å²) in [5.41, 5.74) is 0. The number of likely N-dealkylation sites (tertiary alicyclic amines) is 1. The minimum Gasteiger partial charge on any atom is -0.355 e. The van der Waals surface area contributed by atoms with Gasteiger partial charge in [-0.05, 0) is 44.4 Å². The zero-order valence-corrected chi connectivity index (χ0v) is 19.6. The van der Waals surface area contributed by atoms with Crippen molar-refractivity contribution in [3.63, 3.8) is 0 Å². The van der Waals surface area contributed by atoms with Crippen LogP contribution in [0.15, 0.2) is 0 Å². The molecule has 3 rings (SSSR count). The second-order valence-electron chi connectivity index (χ2n) is 9.49. The molecule has 2 aliphatic heterocycles. The van der Waals surface area contributed by atoms with E-state index in [1.54, 1.807) is 0 Å². The first-order chi connectivity index (χ1) is 15.0. The Morgan fingerprint density at radius 1 is 1.00 bits per heavy atom. The summed E-state index contributed by atoms with van der Waals surface area (Å²) in [4.78, 5) is 43.9. The quantitative estimate of drug-likeness (QED) is 0.535. The van der Waals surface area contributed by atoms with E-state index in [1.807, 2.05) is 9.80 Å². The second-order valence-corrected chi connectivity index (χ2v) is 9.49. The highest BCUT2D eigenvalue weighted by atomic mass is 16.2. The van der Waals surface area contributed by atoms with Crippen LogP contribution in [0.25, 0.3) is 0 Å². The Morgan fingerprint density at radius 2 is 1.68 bits per heavy atom. The number of carbonyl (C=O) groups is 3. The molecule has 3 amide bonds. The number of piperazine rings is 1. The summed E-state index contributed by atoms with van der Waals surface area (Å²) >= 11 is 0. The molecule has 0 aromatic heterocycles. The molecule has 0 radical (unpaired) electrons. The zero-order valence-electron chi connectivity index (χ0n) is 19.6. The molecular formula is C24H42N4O3. The summed E-state index contributed by atoms with van der Waals surface area (Å²) in [6, 6.07) is -0.0821. The largest absolute Gasteiger partial charge is 0.355 e. The molecule has 2 saturated heterocycles. The van der Waals surface area contributed by atoms with Crippen molar-refractivity contribution in [3.05, 3.63) is 0 Å². The van der Waals surface area contributed by atoms with Gasteiger partial charge in [-0.1, -0.05) is 26.7 Å². The summed E-state index contributed by atoms with van der Waals surface area (Å²) < 4.78 is 0. The predicted octanol–water partition coefficient (Wildman–Crippen LogP) is 2.25. The SMILES string of the molecule is CCC(CC)C(=O)N1CCN(C(C(=O)NCCCN2CCCC2=O)C2CCCC2)CC1. The van der Waals surface area contributed by atoms with Crippen molar-refractivity contribution >= 4 is 17.7 Å². The Hall–Kier alpha value is -1.63. The van der Waals surface area contributed by atoms with E-state index in [1.165, 1.54) is 12.8 Å². The molecule has 2 heterocycles. The lowest BCUT2D eigenvalue weighted by atomic mass is 9.94. The van der Waals surface area contributed by atoms with Crippen molar-refractivity contribution in [2.24, 2.45) is 11.8 Å². The van der Waals surface area contributed by atoms with Gasteiger partial charge < -0.3 is 15.1 Å². The van der Waals surface area contributed by atoms with Gasteiger partial charge in [-0.3, -0.25) is 19.3 Å². The highest BCUT2D eigenvalue weighted by Crippen LogP contribution is 2.31. The third kappa shape index (κ3) is 6.21. The van der Waals surface area contributed by atoms with Crippen molar-refractivity contribution in [1.82, 2.24) is 20.0 Å². The monoisotopic (exact) mass is 434 g/mol. The van der Waals surface area contributed by atoms with Crippen molar-refractivity contribution < 1.29 is 14.4 Å². The molecule has 1 unspecified atom stereocenters. The van der Waals surface area contributed by atoms with Crippen molar-refractivity contribution in [3.8, 4) is 0 Å². The molecule has 0 spiro atoms. The third-order valence-corrected chi connectivity index (χ3v) is 7.54. The maximum Gasteiger partial charge on any atom is 0.237 e. The van der Waals surface area contributed by atoms with E-state index in [-0.39, 0.29) is 29.7 Å². The number of hydrogen-bond acceptors (Lipinski definition) is 4. The molecule has 1 aliphatic carbocycles. The first-order valence-corrected chi connectivity index (χ1v) is 12.6. The number of nitrogens with zero attached hydrogens (tertiary/aromatic N) is 3. The molecule has 0 aromatic carbocycles. The van der Waals surface area contributed by atoms with Crippen molar-refractivity contribution in [1.29, 1.82) is 0 Å². The van der Waals surface area contributed by atoms with Gasteiger partial charge in [0.15, 0.2) is 0 Å². The lowest BCUT2D eigenvalue weighted by Crippen LogP contribution is -2.58. The van der Waals surface area contributed by atoms with E-state index in [0.29, 0.717) is 18.9 Å². The summed E-state index contributed by atoms with van der Waals surface area (Å²) in [6.45, 7) is 9.41. The van der Waals surface area contributed by atoms with E-state index in [2.05, 4.69) is 24.1 Å². The summed E-state index contributed by atoms with van der Waals surface area (Å²) in [6.07, 6.45) is 8.88. The first kappa shape index (κ1) is 24.0. The van der Waals surface area contributed by atoms with Crippen LogP contribution in [0.4, 0.5) is 0 Å². The Balaban J connectivity index is 1.50. The summed E-state index contributed by atoms with van der Waals surface area (Å²) in [7, 11) is 0. The minimum absolute atomic E-state index is 0.0821. The molecule has 7 nitrogen and oxygen atoms in total. The third-order valence-electron chi connectivity index (χ3n) is 7.54. The van der Waals surface area contributed by atoms with Gasteiger partial charge in [0.05, 0.1) is 6.04 Å². The number of rotatable bonds is 10. The smallest absolute Gasteiger partial charge is 0.237 e. The van der Waals surface area contributed by atoms with Crippen LogP contribution in [0.5, 0.6) is 0 Å². The van der Waals surface area contributed by atoms with Gasteiger partial charge in [0, 0.05) is 58.2 Å². The number of amides is 3. The first-order valence-electron chi connectivity index (χ1n) is 12.6. The van der Waals surface area contributed by atoms with Crippen LogP contribution < -0.4 is 5.32 Å². The molecule has 176 valence electrons. The molecule has 0 aromatic rings. The Labute approximate surface area is 187 Å². The summed E-state index contributed by atoms with van der Waals surface area (Å²) in [5.74, 6) is 1.21. The standard InChI is InChI=1S/C24H42N4O3/c1-3-19(4-2)24(31)28-17-15-27(16-18-28)22(20-9-5-6-10-20)23(30)25-12-8-14-26-13-7-11-21(26)29/h19-20,22H,3-18H2,1-2H3,(H,25,30). The maximum atomic E-state index is 13.2. The second kappa shape index (κ2) is 11.8. The zero-order chi connectivity index (χ0) is 22.2. The Bertz CT molecular complexity index is 608. The van der Waals surface area contributed by atoms with Crippen LogP contribution in [0.1, 0.15) is 71.6 Å². The molecule has 1 N–H and O–H groups in total. The molecular weight excluding hydrogens is 392 g/mol. The summed E-state index contributed by atoms with van der Waals surface area (Å²) in [5, 5.41) is 3.17. The topological polar surface area (TPSA) is 73.0 Å². The van der Waals surface area contributed by atoms with Gasteiger partial charge in [-0.25, -0.2) is 0 Å². The highest BCUT2D eigenvalue weighted by molar-refractivity contribution is 5.82. The van der Waals surface area contributed by atoms with Crippen LogP contribution in [0.3, 0.4) is 0 Å². The lowest BCUT2D eigenvalue weighted by Gasteiger charge is -2.41. The van der Waals surface area contributed by atoms with Crippen LogP contribution in [0.2, 0.25) is 0 Å². The molecule has 7 heteroatoms. The molecule has 31 heavy (non-hydrogen) atoms. The molecule has 3 aliphatic rings. The van der Waals surface area contributed by atoms with E-state index in [0.717, 1.165) is 77.8 Å². The highest BCUT2D eigenvalue weighted by Gasteiger charge is 2.37. The predicted molar refractivity (Wildman–Crippen MR) is 121 cm³/mol. The molecule has 1 atom stereocenters. The molecule has 1 saturated carbocycles. The van der Waals surface area contributed by atoms with Crippen LogP contribution in [-0.4, -0.2) is 84.3 Å².